The lowest BCUT2D eigenvalue weighted by Crippen LogP contribution is -2.22. The van der Waals surface area contributed by atoms with Crippen LogP contribution in [-0.2, 0) is 11.2 Å². The molecule has 24 heavy (non-hydrogen) atoms. The Balaban J connectivity index is 1.94. The first kappa shape index (κ1) is 15.7. The third-order valence-corrected chi connectivity index (χ3v) is 3.96. The van der Waals surface area contributed by atoms with E-state index in [-0.39, 0.29) is 23.1 Å². The van der Waals surface area contributed by atoms with Crippen LogP contribution in [0.15, 0.2) is 46.0 Å². The number of carbonyl (C=O) groups is 1. The van der Waals surface area contributed by atoms with Crippen molar-refractivity contribution in [1.29, 1.82) is 0 Å². The Labute approximate surface area is 137 Å². The summed E-state index contributed by atoms with van der Waals surface area (Å²) in [4.78, 5) is 36.2. The van der Waals surface area contributed by atoms with Gasteiger partial charge >= 0.3 is 0 Å². The van der Waals surface area contributed by atoms with Crippen molar-refractivity contribution >= 4 is 22.4 Å². The topological polar surface area (TPSA) is 94.8 Å². The minimum absolute atomic E-state index is 0.176. The van der Waals surface area contributed by atoms with Crippen molar-refractivity contribution < 1.29 is 4.79 Å². The second kappa shape index (κ2) is 6.16. The lowest BCUT2D eigenvalue weighted by Gasteiger charge is -2.10. The predicted octanol–water partition coefficient (Wildman–Crippen LogP) is 2.01. The number of rotatable bonds is 3. The molecule has 0 fully saturated rings. The van der Waals surface area contributed by atoms with Gasteiger partial charge in [-0.3, -0.25) is 24.6 Å². The average Bonchev–Trinajstić information content (AvgIpc) is 2.54. The summed E-state index contributed by atoms with van der Waals surface area (Å²) in [5.74, 6) is -0.240. The lowest BCUT2D eigenvalue weighted by atomic mass is 10.0. The van der Waals surface area contributed by atoms with Crippen LogP contribution in [0, 0.1) is 13.8 Å². The van der Waals surface area contributed by atoms with Gasteiger partial charge in [0, 0.05) is 0 Å². The summed E-state index contributed by atoms with van der Waals surface area (Å²) < 4.78 is 0. The number of hydrogen-bond acceptors (Lipinski definition) is 3. The minimum atomic E-state index is -0.452. The first-order valence-corrected chi connectivity index (χ1v) is 7.55. The molecule has 0 saturated carbocycles. The van der Waals surface area contributed by atoms with E-state index in [0.717, 1.165) is 16.7 Å². The first-order valence-electron chi connectivity index (χ1n) is 7.55. The zero-order chi connectivity index (χ0) is 17.3. The van der Waals surface area contributed by atoms with E-state index < -0.39 is 11.1 Å². The number of carbonyl (C=O) groups excluding carboxylic acids is 1. The van der Waals surface area contributed by atoms with E-state index in [4.69, 9.17) is 0 Å². The van der Waals surface area contributed by atoms with Crippen LogP contribution in [0.1, 0.15) is 16.7 Å². The van der Waals surface area contributed by atoms with Crippen molar-refractivity contribution in [3.63, 3.8) is 0 Å². The van der Waals surface area contributed by atoms with Gasteiger partial charge in [0.15, 0.2) is 0 Å². The summed E-state index contributed by atoms with van der Waals surface area (Å²) in [6.45, 7) is 3.92. The molecule has 0 radical (unpaired) electrons. The summed E-state index contributed by atoms with van der Waals surface area (Å²) >= 11 is 0. The monoisotopic (exact) mass is 323 g/mol. The molecule has 0 saturated heterocycles. The second-order valence-corrected chi connectivity index (χ2v) is 5.79. The molecule has 0 unspecified atom stereocenters. The molecule has 1 aromatic heterocycles. The van der Waals surface area contributed by atoms with E-state index in [9.17, 15) is 14.4 Å². The number of aromatic nitrogens is 2. The maximum Gasteiger partial charge on any atom is 0.272 e. The fourth-order valence-electron chi connectivity index (χ4n) is 2.69. The van der Waals surface area contributed by atoms with Gasteiger partial charge in [-0.05, 0) is 37.1 Å². The molecule has 122 valence electrons. The first-order chi connectivity index (χ1) is 11.5. The Hall–Kier alpha value is -3.15. The van der Waals surface area contributed by atoms with Crippen molar-refractivity contribution in [3.8, 4) is 0 Å². The molecule has 0 spiro atoms. The van der Waals surface area contributed by atoms with Crippen LogP contribution >= 0.6 is 0 Å². The van der Waals surface area contributed by atoms with Gasteiger partial charge in [0.2, 0.25) is 5.91 Å². The Morgan fingerprint density at radius 2 is 1.79 bits per heavy atom. The zero-order valence-corrected chi connectivity index (χ0v) is 13.4. The standard InChI is InChI=1S/C18H17N3O3/c1-10-6-7-11(2)12(8-10)9-15(22)19-14-5-3-4-13-16(14)18(24)21-20-17(13)23/h3-8H,9H2,1-2H3,(H,19,22)(H,20,23)(H,21,24). The maximum absolute atomic E-state index is 12.4. The summed E-state index contributed by atoms with van der Waals surface area (Å²) in [5.41, 5.74) is 2.51. The molecule has 0 atom stereocenters. The smallest absolute Gasteiger partial charge is 0.272 e. The number of aromatic amines is 2. The molecule has 0 aliphatic rings. The Morgan fingerprint density at radius 3 is 2.58 bits per heavy atom. The molecule has 1 amide bonds. The normalized spacial score (nSPS) is 10.8. The van der Waals surface area contributed by atoms with E-state index in [1.807, 2.05) is 32.0 Å². The van der Waals surface area contributed by atoms with Crippen molar-refractivity contribution in [1.82, 2.24) is 10.2 Å². The number of H-pyrrole nitrogens is 2. The van der Waals surface area contributed by atoms with Crippen molar-refractivity contribution in [2.24, 2.45) is 0 Å². The third kappa shape index (κ3) is 2.99. The number of fused-ring (bicyclic) bond motifs is 1. The third-order valence-electron chi connectivity index (χ3n) is 3.96. The van der Waals surface area contributed by atoms with Crippen LogP contribution in [0.4, 0.5) is 5.69 Å². The lowest BCUT2D eigenvalue weighted by molar-refractivity contribution is -0.115. The van der Waals surface area contributed by atoms with Gasteiger partial charge in [0.25, 0.3) is 11.1 Å². The van der Waals surface area contributed by atoms with Gasteiger partial charge in [0.05, 0.1) is 22.9 Å². The summed E-state index contributed by atoms with van der Waals surface area (Å²) in [5, 5.41) is 7.70. The van der Waals surface area contributed by atoms with Gasteiger partial charge in [0.1, 0.15) is 0 Å². The van der Waals surface area contributed by atoms with Crippen LogP contribution in [0.3, 0.4) is 0 Å². The molecule has 3 aromatic rings. The number of benzene rings is 2. The number of anilines is 1. The summed E-state index contributed by atoms with van der Waals surface area (Å²) in [6, 6.07) is 10.7. The molecule has 2 aromatic carbocycles. The molecule has 1 heterocycles. The molecule has 0 aliphatic heterocycles. The largest absolute Gasteiger partial charge is 0.325 e. The van der Waals surface area contributed by atoms with E-state index in [2.05, 4.69) is 15.5 Å². The van der Waals surface area contributed by atoms with Crippen molar-refractivity contribution in [3.05, 3.63) is 73.8 Å². The van der Waals surface area contributed by atoms with Gasteiger partial charge in [-0.2, -0.15) is 0 Å². The van der Waals surface area contributed by atoms with Gasteiger partial charge < -0.3 is 5.32 Å². The molecule has 3 rings (SSSR count). The van der Waals surface area contributed by atoms with Crippen molar-refractivity contribution in [2.45, 2.75) is 20.3 Å². The number of aryl methyl sites for hydroxylation is 2. The highest BCUT2D eigenvalue weighted by atomic mass is 16.2. The highest BCUT2D eigenvalue weighted by Crippen LogP contribution is 2.18. The van der Waals surface area contributed by atoms with Crippen LogP contribution in [0.25, 0.3) is 10.8 Å². The number of nitrogens with one attached hydrogen (secondary N) is 3. The van der Waals surface area contributed by atoms with E-state index in [1.54, 1.807) is 18.2 Å². The van der Waals surface area contributed by atoms with Crippen LogP contribution in [0.2, 0.25) is 0 Å². The van der Waals surface area contributed by atoms with Crippen LogP contribution in [-0.4, -0.2) is 16.1 Å². The van der Waals surface area contributed by atoms with Gasteiger partial charge in [-0.1, -0.05) is 29.8 Å². The van der Waals surface area contributed by atoms with Gasteiger partial charge in [-0.15, -0.1) is 0 Å². The van der Waals surface area contributed by atoms with E-state index >= 15 is 0 Å². The fourth-order valence-corrected chi connectivity index (χ4v) is 2.69. The zero-order valence-electron chi connectivity index (χ0n) is 13.4. The number of amides is 1. The Morgan fingerprint density at radius 1 is 1.04 bits per heavy atom. The summed E-state index contributed by atoms with van der Waals surface area (Å²) in [6.07, 6.45) is 0.199. The van der Waals surface area contributed by atoms with E-state index in [1.165, 1.54) is 0 Å². The molecule has 6 nitrogen and oxygen atoms in total. The molecular formula is C18H17N3O3. The highest BCUT2D eigenvalue weighted by molar-refractivity contribution is 6.02. The highest BCUT2D eigenvalue weighted by Gasteiger charge is 2.12. The Bertz CT molecular complexity index is 1050. The predicted molar refractivity (Wildman–Crippen MR) is 93.4 cm³/mol. The van der Waals surface area contributed by atoms with E-state index in [0.29, 0.717) is 5.69 Å². The summed E-state index contributed by atoms with van der Waals surface area (Å²) in [7, 11) is 0. The van der Waals surface area contributed by atoms with Gasteiger partial charge in [-0.25, -0.2) is 0 Å². The minimum Gasteiger partial charge on any atom is -0.325 e. The molecule has 3 N–H and O–H groups in total. The van der Waals surface area contributed by atoms with Crippen LogP contribution < -0.4 is 16.4 Å². The molecule has 0 bridgehead atoms. The van der Waals surface area contributed by atoms with Crippen LogP contribution in [0.5, 0.6) is 0 Å². The average molecular weight is 323 g/mol. The van der Waals surface area contributed by atoms with Crippen molar-refractivity contribution in [2.75, 3.05) is 5.32 Å². The number of hydrogen-bond donors (Lipinski definition) is 3. The molecular weight excluding hydrogens is 306 g/mol. The molecule has 0 aliphatic carbocycles. The SMILES string of the molecule is Cc1ccc(C)c(CC(=O)Nc2cccc3c(=O)[nH][nH]c(=O)c23)c1. The quantitative estimate of drug-likeness (QED) is 0.688. The fraction of sp³-hybridized carbons (Fsp3) is 0.167. The maximum atomic E-state index is 12.4. The Kier molecular flexibility index (Phi) is 4.04. The second-order valence-electron chi connectivity index (χ2n) is 5.79. The molecule has 6 heteroatoms.